The second-order valence-electron chi connectivity index (χ2n) is 3.21. The average molecular weight is 221 g/mol. The first-order chi connectivity index (χ1) is 7.59. The number of nitrogen functional groups attached to an aromatic ring is 1. The van der Waals surface area contributed by atoms with E-state index in [2.05, 4.69) is 15.5 Å². The third-order valence-electron chi connectivity index (χ3n) is 2.14. The summed E-state index contributed by atoms with van der Waals surface area (Å²) in [6, 6.07) is 4.50. The Labute approximate surface area is 89.8 Å². The quantitative estimate of drug-likeness (QED) is 0.315. The summed E-state index contributed by atoms with van der Waals surface area (Å²) in [6.07, 6.45) is 0. The molecular weight excluding hydrogens is 212 g/mol. The van der Waals surface area contributed by atoms with Crippen LogP contribution in [-0.4, -0.2) is 20.4 Å². The maximum absolute atomic E-state index is 10.7. The maximum atomic E-state index is 10.7. The van der Waals surface area contributed by atoms with Gasteiger partial charge in [0, 0.05) is 6.07 Å². The zero-order valence-corrected chi connectivity index (χ0v) is 8.41. The monoisotopic (exact) mass is 221 g/mol. The fraction of sp³-hybridized carbons (Fsp3) is 0.125. The predicted octanol–water partition coefficient (Wildman–Crippen LogP) is -0.213. The van der Waals surface area contributed by atoms with Crippen LogP contribution < -0.4 is 10.4 Å². The van der Waals surface area contributed by atoms with Gasteiger partial charge in [0.1, 0.15) is 10.8 Å². The van der Waals surface area contributed by atoms with E-state index in [0.717, 1.165) is 0 Å². The summed E-state index contributed by atoms with van der Waals surface area (Å²) in [7, 11) is 1.71. The number of benzene rings is 1. The van der Waals surface area contributed by atoms with Crippen LogP contribution >= 0.6 is 0 Å². The van der Waals surface area contributed by atoms with Crippen molar-refractivity contribution in [2.75, 3.05) is 5.73 Å². The van der Waals surface area contributed by atoms with E-state index in [9.17, 15) is 10.1 Å². The van der Waals surface area contributed by atoms with E-state index in [0.29, 0.717) is 11.4 Å². The Kier molecular flexibility index (Phi) is 2.24. The van der Waals surface area contributed by atoms with Crippen molar-refractivity contribution < 1.29 is 9.61 Å². The van der Waals surface area contributed by atoms with Crippen molar-refractivity contribution in [1.82, 2.24) is 15.5 Å². The zero-order chi connectivity index (χ0) is 11.7. The molecule has 0 atom stereocenters. The number of nitrogens with zero attached hydrogens (tertiary/aromatic N) is 4. The molecule has 0 saturated heterocycles. The molecule has 0 spiro atoms. The first kappa shape index (κ1) is 10.0. The number of aromatic nitrogens is 4. The molecule has 0 radical (unpaired) electrons. The fourth-order valence-electron chi connectivity index (χ4n) is 1.34. The van der Waals surface area contributed by atoms with Crippen LogP contribution in [0.25, 0.3) is 11.4 Å². The highest BCUT2D eigenvalue weighted by molar-refractivity contribution is 5.67. The van der Waals surface area contributed by atoms with Gasteiger partial charge in [0.15, 0.2) is 5.21 Å². The van der Waals surface area contributed by atoms with Crippen LogP contribution in [0.15, 0.2) is 18.2 Å². The zero-order valence-electron chi connectivity index (χ0n) is 8.41. The van der Waals surface area contributed by atoms with E-state index in [1.165, 1.54) is 12.1 Å². The summed E-state index contributed by atoms with van der Waals surface area (Å²) in [5.74, 6) is 0.503. The molecule has 0 unspecified atom stereocenters. The number of hydrogen-bond acceptors (Lipinski definition) is 5. The number of nitrogens with two attached hydrogens (primary N) is 1. The summed E-state index contributed by atoms with van der Waals surface area (Å²) in [6.45, 7) is 0. The second kappa shape index (κ2) is 3.57. The molecule has 0 saturated carbocycles. The molecule has 3 N–H and O–H groups in total. The molecule has 0 amide bonds. The molecule has 0 aliphatic carbocycles. The number of aryl methyl sites for hydroxylation is 1. The lowest BCUT2D eigenvalue weighted by atomic mass is 10.1. The molecule has 8 heteroatoms. The normalized spacial score (nSPS) is 10.3. The Hall–Kier alpha value is -2.51. The van der Waals surface area contributed by atoms with Gasteiger partial charge >= 0.3 is 5.82 Å². The van der Waals surface area contributed by atoms with Crippen molar-refractivity contribution >= 4 is 11.4 Å². The van der Waals surface area contributed by atoms with Gasteiger partial charge in [0.2, 0.25) is 0 Å². The van der Waals surface area contributed by atoms with Crippen molar-refractivity contribution in [3.05, 3.63) is 28.3 Å². The van der Waals surface area contributed by atoms with Crippen LogP contribution in [0, 0.1) is 10.1 Å². The Morgan fingerprint density at radius 2 is 2.31 bits per heavy atom. The molecule has 2 rings (SSSR count). The van der Waals surface area contributed by atoms with Crippen LogP contribution in [-0.2, 0) is 7.05 Å². The summed E-state index contributed by atoms with van der Waals surface area (Å²) >= 11 is 0. The SMILES string of the molecule is C[n+]1[nH]nnc1-c1ccc(N)c([N+](=O)[O-])c1. The first-order valence-corrected chi connectivity index (χ1v) is 4.41. The van der Waals surface area contributed by atoms with Gasteiger partial charge in [0.05, 0.1) is 17.5 Å². The van der Waals surface area contributed by atoms with E-state index < -0.39 is 4.92 Å². The number of rotatable bonds is 2. The number of anilines is 1. The van der Waals surface area contributed by atoms with Crippen LogP contribution in [0.4, 0.5) is 11.4 Å². The number of tetrazole rings is 1. The molecule has 82 valence electrons. The highest BCUT2D eigenvalue weighted by Gasteiger charge is 2.19. The van der Waals surface area contributed by atoms with Gasteiger partial charge in [-0.1, -0.05) is 5.21 Å². The molecule has 1 aromatic heterocycles. The Bertz CT molecular complexity index is 549. The van der Waals surface area contributed by atoms with Crippen LogP contribution in [0.3, 0.4) is 0 Å². The molecule has 2 aromatic rings. The number of nitro groups is 1. The van der Waals surface area contributed by atoms with E-state index in [-0.39, 0.29) is 11.4 Å². The first-order valence-electron chi connectivity index (χ1n) is 4.41. The Morgan fingerprint density at radius 1 is 1.56 bits per heavy atom. The maximum Gasteiger partial charge on any atom is 0.331 e. The highest BCUT2D eigenvalue weighted by atomic mass is 16.6. The molecule has 0 fully saturated rings. The van der Waals surface area contributed by atoms with E-state index >= 15 is 0 Å². The molecule has 0 bridgehead atoms. The molecule has 16 heavy (non-hydrogen) atoms. The molecule has 1 heterocycles. The lowest BCUT2D eigenvalue weighted by Gasteiger charge is -1.98. The van der Waals surface area contributed by atoms with Gasteiger partial charge in [-0.15, -0.1) is 0 Å². The fourth-order valence-corrected chi connectivity index (χ4v) is 1.34. The van der Waals surface area contributed by atoms with Crippen molar-refractivity contribution in [2.45, 2.75) is 0 Å². The Balaban J connectivity index is 2.56. The summed E-state index contributed by atoms with van der Waals surface area (Å²) in [5, 5.41) is 20.7. The summed E-state index contributed by atoms with van der Waals surface area (Å²) in [5.41, 5.74) is 6.06. The molecule has 0 aliphatic rings. The smallest absolute Gasteiger partial charge is 0.331 e. The van der Waals surface area contributed by atoms with Crippen molar-refractivity contribution in [2.24, 2.45) is 7.05 Å². The lowest BCUT2D eigenvalue weighted by molar-refractivity contribution is -0.721. The standard InChI is InChI=1S/C8H8N6O2/c1-13-8(10-11-12-13)5-2-3-6(9)7(4-5)14(15)16/h2-4H,1H3,(H2,9,10,12)/p+1. The Morgan fingerprint density at radius 3 is 2.88 bits per heavy atom. The topological polar surface area (TPSA) is 115 Å². The minimum atomic E-state index is -0.529. The minimum absolute atomic E-state index is 0.125. The number of nitrogens with one attached hydrogen (secondary N) is 1. The van der Waals surface area contributed by atoms with Gasteiger partial charge in [-0.25, -0.2) is 0 Å². The van der Waals surface area contributed by atoms with E-state index in [1.54, 1.807) is 17.8 Å². The third-order valence-corrected chi connectivity index (χ3v) is 2.14. The van der Waals surface area contributed by atoms with Crippen LogP contribution in [0.1, 0.15) is 0 Å². The van der Waals surface area contributed by atoms with Gasteiger partial charge in [-0.05, 0) is 12.1 Å². The number of nitro benzene ring substituents is 1. The van der Waals surface area contributed by atoms with Crippen molar-refractivity contribution in [3.63, 3.8) is 0 Å². The van der Waals surface area contributed by atoms with Crippen LogP contribution in [0.2, 0.25) is 0 Å². The summed E-state index contributed by atoms with van der Waals surface area (Å²) in [4.78, 5) is 10.2. The van der Waals surface area contributed by atoms with Gasteiger partial charge in [-0.2, -0.15) is 4.68 Å². The van der Waals surface area contributed by atoms with Crippen molar-refractivity contribution in [1.29, 1.82) is 0 Å². The van der Waals surface area contributed by atoms with E-state index in [4.69, 9.17) is 5.73 Å². The minimum Gasteiger partial charge on any atom is -0.393 e. The van der Waals surface area contributed by atoms with Gasteiger partial charge in [0.25, 0.3) is 5.69 Å². The summed E-state index contributed by atoms with van der Waals surface area (Å²) < 4.78 is 1.55. The largest absolute Gasteiger partial charge is 0.393 e. The van der Waals surface area contributed by atoms with E-state index in [1.807, 2.05) is 0 Å². The predicted molar refractivity (Wildman–Crippen MR) is 54.1 cm³/mol. The number of H-pyrrole nitrogens is 1. The van der Waals surface area contributed by atoms with Crippen molar-refractivity contribution in [3.8, 4) is 11.4 Å². The third kappa shape index (κ3) is 1.56. The molecule has 8 nitrogen and oxygen atoms in total. The number of hydrogen-bond donors (Lipinski definition) is 2. The average Bonchev–Trinajstić information content (AvgIpc) is 2.65. The van der Waals surface area contributed by atoms with Gasteiger partial charge < -0.3 is 5.73 Å². The number of aromatic amines is 1. The highest BCUT2D eigenvalue weighted by Crippen LogP contribution is 2.25. The van der Waals surface area contributed by atoms with Crippen LogP contribution in [0.5, 0.6) is 0 Å². The lowest BCUT2D eigenvalue weighted by Crippen LogP contribution is -2.32. The molecule has 1 aromatic carbocycles. The molecule has 0 aliphatic heterocycles. The molecular formula is C8H9N6O2+. The van der Waals surface area contributed by atoms with Gasteiger partial charge in [-0.3, -0.25) is 10.1 Å². The second-order valence-corrected chi connectivity index (χ2v) is 3.21.